The number of aromatic nitrogens is 1. The lowest BCUT2D eigenvalue weighted by molar-refractivity contribution is -0.115. The van der Waals surface area contributed by atoms with Crippen LogP contribution in [0.15, 0.2) is 48.5 Å². The molecule has 2 aromatic carbocycles. The number of nitrogens with two attached hydrogens (primary N) is 1. The standard InChI is InChI=1S/C20H20N4O2/c1-12-16-8-3-4-9-18(16)22-13(2)17(12)11-19(25)23-14-6-5-7-15(10-14)24-20(21)26/h3-10H,11H2,1-2H3,(H,23,25)(H3,21,24,26). The third-order valence-corrected chi connectivity index (χ3v) is 4.24. The molecule has 0 saturated carbocycles. The Morgan fingerprint density at radius 2 is 1.69 bits per heavy atom. The number of para-hydroxylation sites is 1. The zero-order valence-corrected chi connectivity index (χ0v) is 14.7. The van der Waals surface area contributed by atoms with Crippen LogP contribution >= 0.6 is 0 Å². The van der Waals surface area contributed by atoms with E-state index in [4.69, 9.17) is 5.73 Å². The molecule has 0 aliphatic rings. The van der Waals surface area contributed by atoms with E-state index >= 15 is 0 Å². The largest absolute Gasteiger partial charge is 0.351 e. The summed E-state index contributed by atoms with van der Waals surface area (Å²) in [6.45, 7) is 3.93. The number of primary amides is 1. The molecule has 6 heteroatoms. The van der Waals surface area contributed by atoms with Gasteiger partial charge in [0.25, 0.3) is 0 Å². The molecule has 0 fully saturated rings. The highest BCUT2D eigenvalue weighted by molar-refractivity contribution is 5.95. The van der Waals surface area contributed by atoms with Gasteiger partial charge in [-0.05, 0) is 49.2 Å². The Labute approximate surface area is 151 Å². The second kappa shape index (κ2) is 7.23. The van der Waals surface area contributed by atoms with Gasteiger partial charge < -0.3 is 16.4 Å². The minimum atomic E-state index is -0.651. The lowest BCUT2D eigenvalue weighted by Gasteiger charge is -2.13. The van der Waals surface area contributed by atoms with Gasteiger partial charge in [-0.1, -0.05) is 24.3 Å². The molecule has 1 heterocycles. The molecule has 0 unspecified atom stereocenters. The molecule has 0 radical (unpaired) electrons. The van der Waals surface area contributed by atoms with Crippen molar-refractivity contribution >= 4 is 34.2 Å². The third kappa shape index (κ3) is 3.80. The van der Waals surface area contributed by atoms with Crippen molar-refractivity contribution in [2.45, 2.75) is 20.3 Å². The average Bonchev–Trinajstić information content (AvgIpc) is 2.58. The van der Waals surface area contributed by atoms with Crippen molar-refractivity contribution in [3.63, 3.8) is 0 Å². The number of hydrogen-bond donors (Lipinski definition) is 3. The summed E-state index contributed by atoms with van der Waals surface area (Å²) in [5, 5.41) is 6.38. The van der Waals surface area contributed by atoms with Gasteiger partial charge in [0, 0.05) is 22.5 Å². The number of carbonyl (C=O) groups is 2. The van der Waals surface area contributed by atoms with Crippen LogP contribution in [-0.2, 0) is 11.2 Å². The molecule has 0 aliphatic carbocycles. The van der Waals surface area contributed by atoms with Crippen LogP contribution < -0.4 is 16.4 Å². The van der Waals surface area contributed by atoms with Gasteiger partial charge in [-0.25, -0.2) is 4.79 Å². The monoisotopic (exact) mass is 348 g/mol. The quantitative estimate of drug-likeness (QED) is 0.673. The van der Waals surface area contributed by atoms with Crippen molar-refractivity contribution < 1.29 is 9.59 Å². The third-order valence-electron chi connectivity index (χ3n) is 4.24. The lowest BCUT2D eigenvalue weighted by Crippen LogP contribution is -2.20. The van der Waals surface area contributed by atoms with Gasteiger partial charge >= 0.3 is 6.03 Å². The molecule has 4 N–H and O–H groups in total. The molecule has 0 saturated heterocycles. The first-order valence-corrected chi connectivity index (χ1v) is 8.25. The van der Waals surface area contributed by atoms with Crippen LogP contribution in [0.25, 0.3) is 10.9 Å². The van der Waals surface area contributed by atoms with Gasteiger partial charge in [0.05, 0.1) is 11.9 Å². The highest BCUT2D eigenvalue weighted by Gasteiger charge is 2.13. The molecule has 0 spiro atoms. The fraction of sp³-hybridized carbons (Fsp3) is 0.150. The second-order valence-corrected chi connectivity index (χ2v) is 6.11. The van der Waals surface area contributed by atoms with E-state index in [0.717, 1.165) is 27.7 Å². The predicted molar refractivity (Wildman–Crippen MR) is 103 cm³/mol. The minimum Gasteiger partial charge on any atom is -0.351 e. The van der Waals surface area contributed by atoms with Crippen LogP contribution in [0.1, 0.15) is 16.8 Å². The number of hydrogen-bond acceptors (Lipinski definition) is 3. The number of aryl methyl sites for hydroxylation is 2. The summed E-state index contributed by atoms with van der Waals surface area (Å²) in [5.41, 5.74) is 9.99. The van der Waals surface area contributed by atoms with Gasteiger partial charge in [-0.3, -0.25) is 9.78 Å². The molecule has 0 atom stereocenters. The van der Waals surface area contributed by atoms with E-state index in [1.54, 1.807) is 24.3 Å². The van der Waals surface area contributed by atoms with Gasteiger partial charge in [-0.15, -0.1) is 0 Å². The molecule has 3 rings (SSSR count). The molecule has 0 bridgehead atoms. The minimum absolute atomic E-state index is 0.149. The highest BCUT2D eigenvalue weighted by atomic mass is 16.2. The Hall–Kier alpha value is -3.41. The average molecular weight is 348 g/mol. The maximum atomic E-state index is 12.5. The van der Waals surface area contributed by atoms with Crippen molar-refractivity contribution in [3.8, 4) is 0 Å². The Bertz CT molecular complexity index is 998. The SMILES string of the molecule is Cc1nc2ccccc2c(C)c1CC(=O)Nc1cccc(NC(N)=O)c1. The van der Waals surface area contributed by atoms with Crippen molar-refractivity contribution in [3.05, 3.63) is 65.4 Å². The number of fused-ring (bicyclic) bond motifs is 1. The first kappa shape index (κ1) is 17.4. The van der Waals surface area contributed by atoms with Gasteiger partial charge in [0.15, 0.2) is 0 Å². The molecular weight excluding hydrogens is 328 g/mol. The summed E-state index contributed by atoms with van der Waals surface area (Å²) in [6, 6.07) is 14.1. The molecule has 6 nitrogen and oxygen atoms in total. The first-order valence-electron chi connectivity index (χ1n) is 8.25. The van der Waals surface area contributed by atoms with E-state index in [-0.39, 0.29) is 12.3 Å². The van der Waals surface area contributed by atoms with Crippen LogP contribution in [0.2, 0.25) is 0 Å². The zero-order valence-electron chi connectivity index (χ0n) is 14.7. The summed E-state index contributed by atoms with van der Waals surface area (Å²) >= 11 is 0. The zero-order chi connectivity index (χ0) is 18.7. The number of pyridine rings is 1. The fourth-order valence-electron chi connectivity index (χ4n) is 3.01. The molecule has 3 amide bonds. The van der Waals surface area contributed by atoms with Crippen LogP contribution in [0, 0.1) is 13.8 Å². The molecular formula is C20H20N4O2. The first-order chi connectivity index (χ1) is 12.4. The summed E-state index contributed by atoms with van der Waals surface area (Å²) in [5.74, 6) is -0.149. The summed E-state index contributed by atoms with van der Waals surface area (Å²) < 4.78 is 0. The van der Waals surface area contributed by atoms with Crippen molar-refractivity contribution in [2.75, 3.05) is 10.6 Å². The fourth-order valence-corrected chi connectivity index (χ4v) is 3.01. The topological polar surface area (TPSA) is 97.1 Å². The van der Waals surface area contributed by atoms with Gasteiger partial charge in [-0.2, -0.15) is 0 Å². The summed E-state index contributed by atoms with van der Waals surface area (Å²) in [4.78, 5) is 28.0. The molecule has 132 valence electrons. The number of rotatable bonds is 4. The number of carbonyl (C=O) groups excluding carboxylic acids is 2. The van der Waals surface area contributed by atoms with E-state index in [9.17, 15) is 9.59 Å². The number of anilines is 2. The Morgan fingerprint density at radius 3 is 2.42 bits per heavy atom. The van der Waals surface area contributed by atoms with Crippen molar-refractivity contribution in [1.29, 1.82) is 0 Å². The normalized spacial score (nSPS) is 10.5. The van der Waals surface area contributed by atoms with E-state index < -0.39 is 6.03 Å². The van der Waals surface area contributed by atoms with E-state index in [0.29, 0.717) is 11.4 Å². The predicted octanol–water partition coefficient (Wildman–Crippen LogP) is 3.52. The summed E-state index contributed by atoms with van der Waals surface area (Å²) in [6.07, 6.45) is 0.225. The number of urea groups is 1. The van der Waals surface area contributed by atoms with Crippen molar-refractivity contribution in [2.24, 2.45) is 5.73 Å². The molecule has 1 aromatic heterocycles. The molecule has 0 aliphatic heterocycles. The van der Waals surface area contributed by atoms with Crippen LogP contribution in [0.4, 0.5) is 16.2 Å². The highest BCUT2D eigenvalue weighted by Crippen LogP contribution is 2.23. The van der Waals surface area contributed by atoms with Gasteiger partial charge in [0.1, 0.15) is 0 Å². The van der Waals surface area contributed by atoms with Crippen LogP contribution in [0.3, 0.4) is 0 Å². The number of benzene rings is 2. The maximum Gasteiger partial charge on any atom is 0.316 e. The lowest BCUT2D eigenvalue weighted by atomic mass is 9.99. The maximum absolute atomic E-state index is 12.5. The Balaban J connectivity index is 1.80. The Kier molecular flexibility index (Phi) is 4.84. The summed E-state index contributed by atoms with van der Waals surface area (Å²) in [7, 11) is 0. The number of amides is 3. The molecule has 26 heavy (non-hydrogen) atoms. The van der Waals surface area contributed by atoms with Gasteiger partial charge in [0.2, 0.25) is 5.91 Å². The number of nitrogens with zero attached hydrogens (tertiary/aromatic N) is 1. The second-order valence-electron chi connectivity index (χ2n) is 6.11. The van der Waals surface area contributed by atoms with E-state index in [2.05, 4.69) is 15.6 Å². The van der Waals surface area contributed by atoms with E-state index in [1.807, 2.05) is 38.1 Å². The van der Waals surface area contributed by atoms with Crippen LogP contribution in [-0.4, -0.2) is 16.9 Å². The smallest absolute Gasteiger partial charge is 0.316 e. The van der Waals surface area contributed by atoms with Crippen LogP contribution in [0.5, 0.6) is 0 Å². The van der Waals surface area contributed by atoms with Crippen molar-refractivity contribution in [1.82, 2.24) is 4.98 Å². The molecule has 3 aromatic rings. The Morgan fingerprint density at radius 1 is 1.00 bits per heavy atom. The van der Waals surface area contributed by atoms with E-state index in [1.165, 1.54) is 0 Å². The number of nitrogens with one attached hydrogen (secondary N) is 2.